The van der Waals surface area contributed by atoms with Crippen LogP contribution < -0.4 is 5.32 Å². The van der Waals surface area contributed by atoms with Crippen molar-refractivity contribution >= 4 is 6.09 Å². The minimum atomic E-state index is -0.853. The van der Waals surface area contributed by atoms with Gasteiger partial charge in [0.2, 0.25) is 0 Å². The second kappa shape index (κ2) is 5.26. The second-order valence-electron chi connectivity index (χ2n) is 6.37. The number of carbonyl (C=O) groups is 1. The van der Waals surface area contributed by atoms with Crippen molar-refractivity contribution in [3.8, 4) is 0 Å². The summed E-state index contributed by atoms with van der Waals surface area (Å²) < 4.78 is 5.43. The third-order valence-electron chi connectivity index (χ3n) is 3.76. The maximum Gasteiger partial charge on any atom is 0.410 e. The smallest absolute Gasteiger partial charge is 0.410 e. The number of piperazine rings is 1. The van der Waals surface area contributed by atoms with Gasteiger partial charge in [0.05, 0.1) is 24.8 Å². The van der Waals surface area contributed by atoms with E-state index >= 15 is 0 Å². The number of hydrogen-bond donors (Lipinski definition) is 3. The van der Waals surface area contributed by atoms with Crippen LogP contribution in [0.3, 0.4) is 0 Å². The molecule has 19 heavy (non-hydrogen) atoms. The quantitative estimate of drug-likeness (QED) is 0.663. The molecule has 0 spiro atoms. The molecule has 2 rings (SSSR count). The van der Waals surface area contributed by atoms with Crippen LogP contribution in [0, 0.1) is 0 Å². The molecule has 6 nitrogen and oxygen atoms in total. The number of nitrogens with zero attached hydrogens (tertiary/aromatic N) is 1. The molecule has 0 aromatic carbocycles. The van der Waals surface area contributed by atoms with Gasteiger partial charge in [0.1, 0.15) is 5.60 Å². The Morgan fingerprint density at radius 2 is 2.16 bits per heavy atom. The molecule has 4 unspecified atom stereocenters. The molecule has 0 aromatic rings. The molecule has 0 aromatic heterocycles. The van der Waals surface area contributed by atoms with E-state index in [0.717, 1.165) is 12.8 Å². The number of rotatable bonds is 2. The largest absolute Gasteiger partial charge is 0.444 e. The Morgan fingerprint density at radius 1 is 1.47 bits per heavy atom. The first kappa shape index (κ1) is 14.6. The Kier molecular flexibility index (Phi) is 4.03. The van der Waals surface area contributed by atoms with Crippen LogP contribution in [0.4, 0.5) is 4.79 Å². The van der Waals surface area contributed by atoms with Crippen molar-refractivity contribution in [3.63, 3.8) is 0 Å². The fourth-order valence-corrected chi connectivity index (χ4v) is 2.98. The van der Waals surface area contributed by atoms with Gasteiger partial charge >= 0.3 is 6.09 Å². The lowest BCUT2D eigenvalue weighted by Gasteiger charge is -2.42. The van der Waals surface area contributed by atoms with E-state index in [0.29, 0.717) is 6.54 Å². The lowest BCUT2D eigenvalue weighted by atomic mass is 10.00. The van der Waals surface area contributed by atoms with Crippen molar-refractivity contribution in [3.05, 3.63) is 0 Å². The highest BCUT2D eigenvalue weighted by atomic mass is 16.6. The zero-order chi connectivity index (χ0) is 14.2. The molecule has 4 atom stereocenters. The minimum absolute atomic E-state index is 0.101. The van der Waals surface area contributed by atoms with E-state index in [1.54, 1.807) is 4.90 Å². The Morgan fingerprint density at radius 3 is 2.74 bits per heavy atom. The van der Waals surface area contributed by atoms with Crippen LogP contribution in [0.1, 0.15) is 33.6 Å². The number of hydrogen-bond acceptors (Lipinski definition) is 5. The van der Waals surface area contributed by atoms with Gasteiger partial charge < -0.3 is 20.3 Å². The number of aliphatic hydroxyl groups excluding tert-OH is 2. The van der Waals surface area contributed by atoms with Crippen LogP contribution in [0.5, 0.6) is 0 Å². The fourth-order valence-electron chi connectivity index (χ4n) is 2.98. The molecule has 2 aliphatic heterocycles. The summed E-state index contributed by atoms with van der Waals surface area (Å²) in [4.78, 5) is 14.0. The molecular weight excluding hydrogens is 248 g/mol. The fraction of sp³-hybridized carbons (Fsp3) is 0.923. The first-order valence-corrected chi connectivity index (χ1v) is 6.87. The van der Waals surface area contributed by atoms with Crippen molar-refractivity contribution in [2.24, 2.45) is 0 Å². The van der Waals surface area contributed by atoms with Crippen molar-refractivity contribution in [1.82, 2.24) is 10.2 Å². The molecule has 110 valence electrons. The van der Waals surface area contributed by atoms with E-state index in [2.05, 4.69) is 5.32 Å². The third-order valence-corrected chi connectivity index (χ3v) is 3.76. The summed E-state index contributed by atoms with van der Waals surface area (Å²) in [5, 5.41) is 22.2. The average Bonchev–Trinajstić information content (AvgIpc) is 2.61. The molecule has 6 heteroatoms. The van der Waals surface area contributed by atoms with Crippen molar-refractivity contribution in [2.45, 2.75) is 63.4 Å². The first-order chi connectivity index (χ1) is 8.83. The van der Waals surface area contributed by atoms with Gasteiger partial charge in [-0.2, -0.15) is 0 Å². The SMILES string of the molecule is CC(C)(C)OC(=O)N1C2CCC1C(C(O)CO)NC2. The third kappa shape index (κ3) is 3.01. The predicted molar refractivity (Wildman–Crippen MR) is 69.8 cm³/mol. The van der Waals surface area contributed by atoms with Crippen molar-refractivity contribution in [2.75, 3.05) is 13.2 Å². The Bertz CT molecular complexity index is 342. The van der Waals surface area contributed by atoms with Gasteiger partial charge in [-0.3, -0.25) is 4.90 Å². The van der Waals surface area contributed by atoms with E-state index in [4.69, 9.17) is 9.84 Å². The molecular formula is C13H24N2O4. The van der Waals surface area contributed by atoms with E-state index < -0.39 is 11.7 Å². The highest BCUT2D eigenvalue weighted by Gasteiger charge is 2.48. The average molecular weight is 272 g/mol. The van der Waals surface area contributed by atoms with Gasteiger partial charge in [0.25, 0.3) is 0 Å². The lowest BCUT2D eigenvalue weighted by molar-refractivity contribution is -0.0183. The predicted octanol–water partition coefficient (Wildman–Crippen LogP) is 0.0795. The molecule has 0 radical (unpaired) electrons. The normalized spacial score (nSPS) is 32.3. The van der Waals surface area contributed by atoms with E-state index in [9.17, 15) is 9.90 Å². The number of ether oxygens (including phenoxy) is 1. The maximum atomic E-state index is 12.3. The van der Waals surface area contributed by atoms with Gasteiger partial charge in [0, 0.05) is 12.6 Å². The van der Waals surface area contributed by atoms with Crippen LogP contribution in [0.25, 0.3) is 0 Å². The summed E-state index contributed by atoms with van der Waals surface area (Å²) in [7, 11) is 0. The van der Waals surface area contributed by atoms with E-state index in [-0.39, 0.29) is 30.8 Å². The van der Waals surface area contributed by atoms with Gasteiger partial charge in [-0.15, -0.1) is 0 Å². The maximum absolute atomic E-state index is 12.3. The van der Waals surface area contributed by atoms with Crippen molar-refractivity contribution < 1.29 is 19.7 Å². The summed E-state index contributed by atoms with van der Waals surface area (Å²) in [5.74, 6) is 0. The monoisotopic (exact) mass is 272 g/mol. The highest BCUT2D eigenvalue weighted by molar-refractivity contribution is 5.70. The standard InChI is InChI=1S/C13H24N2O4/c1-13(2,3)19-12(18)15-8-4-5-9(15)11(14-6-8)10(17)7-16/h8-11,14,16-17H,4-7H2,1-3H3. The topological polar surface area (TPSA) is 82.0 Å². The zero-order valence-electron chi connectivity index (χ0n) is 11.8. The van der Waals surface area contributed by atoms with Gasteiger partial charge in [0.15, 0.2) is 0 Å². The van der Waals surface area contributed by atoms with Crippen LogP contribution in [0.15, 0.2) is 0 Å². The Labute approximate surface area is 113 Å². The number of amides is 1. The first-order valence-electron chi connectivity index (χ1n) is 6.87. The second-order valence-corrected chi connectivity index (χ2v) is 6.37. The lowest BCUT2D eigenvalue weighted by Crippen LogP contribution is -2.64. The minimum Gasteiger partial charge on any atom is -0.444 e. The molecule has 3 N–H and O–H groups in total. The Balaban J connectivity index is 2.10. The van der Waals surface area contributed by atoms with E-state index in [1.165, 1.54) is 0 Å². The summed E-state index contributed by atoms with van der Waals surface area (Å²) in [6.45, 7) is 5.86. The summed E-state index contributed by atoms with van der Waals surface area (Å²) >= 11 is 0. The number of fused-ring (bicyclic) bond motifs is 2. The molecule has 1 amide bonds. The van der Waals surface area contributed by atoms with Crippen LogP contribution in [-0.4, -0.2) is 64.2 Å². The van der Waals surface area contributed by atoms with Crippen molar-refractivity contribution in [1.29, 1.82) is 0 Å². The molecule has 2 fully saturated rings. The van der Waals surface area contributed by atoms with Crippen LogP contribution in [-0.2, 0) is 4.74 Å². The number of nitrogens with one attached hydrogen (secondary N) is 1. The zero-order valence-corrected chi connectivity index (χ0v) is 11.8. The molecule has 0 saturated carbocycles. The van der Waals surface area contributed by atoms with Gasteiger partial charge in [-0.25, -0.2) is 4.79 Å². The molecule has 2 aliphatic rings. The summed E-state index contributed by atoms with van der Waals surface area (Å²) in [5.41, 5.74) is -0.521. The van der Waals surface area contributed by atoms with Crippen LogP contribution in [0.2, 0.25) is 0 Å². The highest BCUT2D eigenvalue weighted by Crippen LogP contribution is 2.32. The number of aliphatic hydroxyl groups is 2. The van der Waals surface area contributed by atoms with Gasteiger partial charge in [-0.1, -0.05) is 0 Å². The van der Waals surface area contributed by atoms with Crippen LogP contribution >= 0.6 is 0 Å². The Hall–Kier alpha value is -0.850. The molecule has 2 saturated heterocycles. The molecule has 2 bridgehead atoms. The molecule has 2 heterocycles. The summed E-state index contributed by atoms with van der Waals surface area (Å²) in [6.07, 6.45) is 0.565. The number of carbonyl (C=O) groups excluding carboxylic acids is 1. The molecule has 0 aliphatic carbocycles. The van der Waals surface area contributed by atoms with E-state index in [1.807, 2.05) is 20.8 Å². The summed E-state index contributed by atoms with van der Waals surface area (Å²) in [6, 6.07) is -0.256. The van der Waals surface area contributed by atoms with Gasteiger partial charge in [-0.05, 0) is 33.6 Å².